The molecule has 24 heavy (non-hydrogen) atoms. The van der Waals surface area contributed by atoms with E-state index in [1.807, 2.05) is 55.6 Å². The van der Waals surface area contributed by atoms with Crippen LogP contribution in [0.25, 0.3) is 5.57 Å². The van der Waals surface area contributed by atoms with Crippen molar-refractivity contribution in [2.24, 2.45) is 0 Å². The van der Waals surface area contributed by atoms with Crippen LogP contribution in [0.5, 0.6) is 0 Å². The fourth-order valence-electron chi connectivity index (χ4n) is 2.75. The summed E-state index contributed by atoms with van der Waals surface area (Å²) in [7, 11) is 0. The molecule has 124 valence electrons. The van der Waals surface area contributed by atoms with Gasteiger partial charge in [0.2, 0.25) is 0 Å². The van der Waals surface area contributed by atoms with E-state index in [0.717, 1.165) is 17.0 Å². The zero-order chi connectivity index (χ0) is 17.3. The molecule has 0 aliphatic carbocycles. The summed E-state index contributed by atoms with van der Waals surface area (Å²) < 4.78 is 0. The highest BCUT2D eigenvalue weighted by Crippen LogP contribution is 2.33. The summed E-state index contributed by atoms with van der Waals surface area (Å²) in [6.07, 6.45) is 0.960. The second kappa shape index (κ2) is 6.61. The smallest absolute Gasteiger partial charge is 0.278 e. The number of anilines is 1. The first-order chi connectivity index (χ1) is 11.5. The maximum atomic E-state index is 12.8. The van der Waals surface area contributed by atoms with Gasteiger partial charge in [-0.1, -0.05) is 25.1 Å². The third-order valence-electron chi connectivity index (χ3n) is 4.03. The van der Waals surface area contributed by atoms with Crippen LogP contribution in [0.15, 0.2) is 47.5 Å². The molecule has 0 saturated heterocycles. The van der Waals surface area contributed by atoms with Crippen molar-refractivity contribution in [1.82, 2.24) is 4.90 Å². The molecular weight excluding hydrogens is 320 g/mol. The highest BCUT2D eigenvalue weighted by molar-refractivity contribution is 7.11. The molecule has 2 amide bonds. The third kappa shape index (κ3) is 2.87. The number of carbonyl (C=O) groups is 2. The van der Waals surface area contributed by atoms with Gasteiger partial charge in [0, 0.05) is 16.6 Å². The minimum absolute atomic E-state index is 0.179. The van der Waals surface area contributed by atoms with Crippen LogP contribution < -0.4 is 5.32 Å². The molecule has 4 nitrogen and oxygen atoms in total. The van der Waals surface area contributed by atoms with Crippen molar-refractivity contribution in [3.05, 3.63) is 57.9 Å². The molecule has 1 aliphatic rings. The second-order valence-electron chi connectivity index (χ2n) is 5.98. The number of amides is 2. The van der Waals surface area contributed by atoms with Crippen molar-refractivity contribution >= 4 is 34.4 Å². The summed E-state index contributed by atoms with van der Waals surface area (Å²) in [6.45, 7) is 5.79. The molecule has 3 rings (SSSR count). The molecule has 0 atom stereocenters. The summed E-state index contributed by atoms with van der Waals surface area (Å²) in [5.41, 5.74) is 2.86. The van der Waals surface area contributed by atoms with E-state index in [4.69, 9.17) is 0 Å². The van der Waals surface area contributed by atoms with Crippen molar-refractivity contribution < 1.29 is 9.59 Å². The van der Waals surface area contributed by atoms with Crippen molar-refractivity contribution in [3.63, 3.8) is 0 Å². The first-order valence-corrected chi connectivity index (χ1v) is 8.93. The number of carbonyl (C=O) groups excluding carboxylic acids is 2. The average molecular weight is 340 g/mol. The van der Waals surface area contributed by atoms with Gasteiger partial charge < -0.3 is 5.32 Å². The SMILES string of the molecule is CCc1ccc(NC2=C(c3cccs3)C(=O)N(C(C)C)C2=O)cc1. The average Bonchev–Trinajstić information content (AvgIpc) is 3.15. The lowest BCUT2D eigenvalue weighted by Gasteiger charge is -2.19. The van der Waals surface area contributed by atoms with Gasteiger partial charge in [-0.2, -0.15) is 0 Å². The topological polar surface area (TPSA) is 49.4 Å². The van der Waals surface area contributed by atoms with Gasteiger partial charge in [-0.15, -0.1) is 11.3 Å². The van der Waals surface area contributed by atoms with Crippen molar-refractivity contribution in [3.8, 4) is 0 Å². The van der Waals surface area contributed by atoms with Crippen LogP contribution in [0.2, 0.25) is 0 Å². The summed E-state index contributed by atoms with van der Waals surface area (Å²) in [5.74, 6) is -0.497. The lowest BCUT2D eigenvalue weighted by atomic mass is 10.1. The minimum Gasteiger partial charge on any atom is -0.350 e. The van der Waals surface area contributed by atoms with Gasteiger partial charge >= 0.3 is 0 Å². The zero-order valence-corrected chi connectivity index (χ0v) is 14.8. The van der Waals surface area contributed by atoms with E-state index in [1.165, 1.54) is 21.8 Å². The number of hydrogen-bond acceptors (Lipinski definition) is 4. The van der Waals surface area contributed by atoms with Gasteiger partial charge in [-0.25, -0.2) is 0 Å². The summed E-state index contributed by atoms with van der Waals surface area (Å²) in [6, 6.07) is 11.5. The molecule has 0 spiro atoms. The summed E-state index contributed by atoms with van der Waals surface area (Å²) in [4.78, 5) is 27.7. The number of nitrogens with one attached hydrogen (secondary N) is 1. The normalized spacial score (nSPS) is 14.9. The van der Waals surface area contributed by atoms with E-state index in [0.29, 0.717) is 11.3 Å². The Bertz CT molecular complexity index is 789. The molecule has 1 aromatic heterocycles. The van der Waals surface area contributed by atoms with Gasteiger partial charge in [0.05, 0.1) is 5.57 Å². The Morgan fingerprint density at radius 3 is 2.33 bits per heavy atom. The van der Waals surface area contributed by atoms with Crippen molar-refractivity contribution in [1.29, 1.82) is 0 Å². The number of hydrogen-bond donors (Lipinski definition) is 1. The Labute approximate surface area is 145 Å². The van der Waals surface area contributed by atoms with Crippen LogP contribution >= 0.6 is 11.3 Å². The highest BCUT2D eigenvalue weighted by Gasteiger charge is 2.40. The van der Waals surface area contributed by atoms with E-state index in [2.05, 4.69) is 12.2 Å². The van der Waals surface area contributed by atoms with Crippen molar-refractivity contribution in [2.75, 3.05) is 5.32 Å². The van der Waals surface area contributed by atoms with E-state index in [-0.39, 0.29) is 17.9 Å². The van der Waals surface area contributed by atoms with Crippen LogP contribution in [0.1, 0.15) is 31.2 Å². The second-order valence-corrected chi connectivity index (χ2v) is 6.92. The first kappa shape index (κ1) is 16.5. The number of rotatable bonds is 5. The molecule has 2 heterocycles. The molecule has 1 aromatic carbocycles. The molecular formula is C19H20N2O2S. The highest BCUT2D eigenvalue weighted by atomic mass is 32.1. The Balaban J connectivity index is 2.02. The predicted octanol–water partition coefficient (Wildman–Crippen LogP) is 3.91. The lowest BCUT2D eigenvalue weighted by molar-refractivity contribution is -0.138. The molecule has 0 unspecified atom stereocenters. The molecule has 0 radical (unpaired) electrons. The van der Waals surface area contributed by atoms with Crippen LogP contribution in [-0.4, -0.2) is 22.8 Å². The Hall–Kier alpha value is -2.40. The van der Waals surface area contributed by atoms with Gasteiger partial charge in [0.25, 0.3) is 11.8 Å². The summed E-state index contributed by atoms with van der Waals surface area (Å²) in [5, 5.41) is 5.08. The number of nitrogens with zero attached hydrogens (tertiary/aromatic N) is 1. The monoisotopic (exact) mass is 340 g/mol. The third-order valence-corrected chi connectivity index (χ3v) is 4.92. The minimum atomic E-state index is -0.266. The number of benzene rings is 1. The van der Waals surface area contributed by atoms with Gasteiger partial charge in [-0.3, -0.25) is 14.5 Å². The Morgan fingerprint density at radius 2 is 1.79 bits per heavy atom. The zero-order valence-electron chi connectivity index (χ0n) is 14.0. The molecule has 1 aliphatic heterocycles. The molecule has 2 aromatic rings. The molecule has 0 bridgehead atoms. The molecule has 0 saturated carbocycles. The maximum Gasteiger partial charge on any atom is 0.278 e. The number of thiophene rings is 1. The van der Waals surface area contributed by atoms with Gasteiger partial charge in [0.15, 0.2) is 0 Å². The Kier molecular flexibility index (Phi) is 4.53. The van der Waals surface area contributed by atoms with Crippen LogP contribution in [0, 0.1) is 0 Å². The van der Waals surface area contributed by atoms with Crippen LogP contribution in [0.3, 0.4) is 0 Å². The van der Waals surface area contributed by atoms with E-state index in [1.54, 1.807) is 0 Å². The van der Waals surface area contributed by atoms with E-state index in [9.17, 15) is 9.59 Å². The number of aryl methyl sites for hydroxylation is 1. The maximum absolute atomic E-state index is 12.8. The lowest BCUT2D eigenvalue weighted by Crippen LogP contribution is -2.38. The molecule has 5 heteroatoms. The Morgan fingerprint density at radius 1 is 1.08 bits per heavy atom. The van der Waals surface area contributed by atoms with E-state index >= 15 is 0 Å². The van der Waals surface area contributed by atoms with Gasteiger partial charge in [-0.05, 0) is 49.4 Å². The van der Waals surface area contributed by atoms with E-state index < -0.39 is 0 Å². The standard InChI is InChI=1S/C19H20N2O2S/c1-4-13-7-9-14(10-8-13)20-17-16(15-6-5-11-24-15)18(22)21(12(2)3)19(17)23/h5-12,20H,4H2,1-3H3. The van der Waals surface area contributed by atoms with Crippen LogP contribution in [0.4, 0.5) is 5.69 Å². The fraction of sp³-hybridized carbons (Fsp3) is 0.263. The number of imide groups is 1. The predicted molar refractivity (Wildman–Crippen MR) is 97.7 cm³/mol. The van der Waals surface area contributed by atoms with Crippen molar-refractivity contribution in [2.45, 2.75) is 33.2 Å². The fourth-order valence-corrected chi connectivity index (χ4v) is 3.52. The van der Waals surface area contributed by atoms with Gasteiger partial charge in [0.1, 0.15) is 5.70 Å². The van der Waals surface area contributed by atoms with Crippen LogP contribution in [-0.2, 0) is 16.0 Å². The summed E-state index contributed by atoms with van der Waals surface area (Å²) >= 11 is 1.46. The first-order valence-electron chi connectivity index (χ1n) is 8.05. The molecule has 1 N–H and O–H groups in total. The molecule has 0 fully saturated rings. The largest absolute Gasteiger partial charge is 0.350 e. The quantitative estimate of drug-likeness (QED) is 0.840.